The Morgan fingerprint density at radius 1 is 0.950 bits per heavy atom. The molecular weight excluding hydrogens is 321 g/mol. The van der Waals surface area contributed by atoms with E-state index in [1.54, 1.807) is 24.3 Å². The Morgan fingerprint density at radius 3 is 2.20 bits per heavy atom. The van der Waals surface area contributed by atoms with E-state index < -0.39 is 0 Å². The molecule has 0 fully saturated rings. The lowest BCUT2D eigenvalue weighted by molar-refractivity contribution is 0.475. The second-order valence-corrected chi connectivity index (χ2v) is 3.97. The first kappa shape index (κ1) is 20.8. The molecule has 0 unspecified atom stereocenters. The Morgan fingerprint density at radius 2 is 1.60 bits per heavy atom. The highest BCUT2D eigenvalue weighted by molar-refractivity contribution is 5.86. The molecule has 0 aliphatic heterocycles. The maximum absolute atomic E-state index is 9.36. The van der Waals surface area contributed by atoms with Crippen LogP contribution in [0.5, 0.6) is 5.75 Å². The summed E-state index contributed by atoms with van der Waals surface area (Å²) in [5.41, 5.74) is 15.5. The van der Waals surface area contributed by atoms with E-state index in [4.69, 9.17) is 11.5 Å². The number of aryl methyl sites for hydroxylation is 1. The molecule has 112 valence electrons. The molecule has 0 atom stereocenters. The molecule has 2 aromatic carbocycles. The molecule has 2 aromatic rings. The van der Waals surface area contributed by atoms with E-state index in [1.807, 2.05) is 19.1 Å². The van der Waals surface area contributed by atoms with Crippen molar-refractivity contribution in [3.05, 3.63) is 42.0 Å². The molecular formula is C13H18Cl3N3O. The summed E-state index contributed by atoms with van der Waals surface area (Å²) in [6.45, 7) is 1.91. The number of anilines is 4. The number of halogens is 3. The molecule has 4 nitrogen and oxygen atoms in total. The maximum atomic E-state index is 9.36. The smallest absolute Gasteiger partial charge is 0.117 e. The Hall–Kier alpha value is -1.49. The Bertz CT molecular complexity index is 565. The van der Waals surface area contributed by atoms with E-state index in [0.717, 1.165) is 16.9 Å². The Labute approximate surface area is 136 Å². The SMILES string of the molecule is Cc1cc(N)c(Nc2cccc(O)c2)cc1N.Cl.Cl.Cl. The van der Waals surface area contributed by atoms with Gasteiger partial charge in [-0.25, -0.2) is 0 Å². The topological polar surface area (TPSA) is 84.3 Å². The number of phenolic OH excluding ortho intramolecular Hbond substituents is 1. The third kappa shape index (κ3) is 4.89. The molecule has 20 heavy (non-hydrogen) atoms. The summed E-state index contributed by atoms with van der Waals surface area (Å²) in [4.78, 5) is 0. The van der Waals surface area contributed by atoms with Gasteiger partial charge in [0.25, 0.3) is 0 Å². The van der Waals surface area contributed by atoms with E-state index >= 15 is 0 Å². The minimum atomic E-state index is 0. The molecule has 0 spiro atoms. The minimum Gasteiger partial charge on any atom is -0.508 e. The summed E-state index contributed by atoms with van der Waals surface area (Å²) >= 11 is 0. The lowest BCUT2D eigenvalue weighted by Gasteiger charge is -2.12. The van der Waals surface area contributed by atoms with E-state index in [9.17, 15) is 5.11 Å². The van der Waals surface area contributed by atoms with Crippen LogP contribution < -0.4 is 16.8 Å². The number of aromatic hydroxyl groups is 1. The fraction of sp³-hybridized carbons (Fsp3) is 0.0769. The maximum Gasteiger partial charge on any atom is 0.117 e. The van der Waals surface area contributed by atoms with Crippen molar-refractivity contribution in [3.63, 3.8) is 0 Å². The highest BCUT2D eigenvalue weighted by Gasteiger charge is 2.03. The first-order valence-corrected chi connectivity index (χ1v) is 5.28. The van der Waals surface area contributed by atoms with Crippen molar-refractivity contribution in [1.82, 2.24) is 0 Å². The van der Waals surface area contributed by atoms with Gasteiger partial charge in [0, 0.05) is 17.4 Å². The largest absolute Gasteiger partial charge is 0.508 e. The van der Waals surface area contributed by atoms with Crippen LogP contribution in [-0.4, -0.2) is 5.11 Å². The van der Waals surface area contributed by atoms with Crippen LogP contribution in [0, 0.1) is 6.92 Å². The third-order valence-electron chi connectivity index (χ3n) is 2.56. The summed E-state index contributed by atoms with van der Waals surface area (Å²) in [7, 11) is 0. The summed E-state index contributed by atoms with van der Waals surface area (Å²) in [5, 5.41) is 12.5. The number of benzene rings is 2. The molecule has 6 N–H and O–H groups in total. The van der Waals surface area contributed by atoms with E-state index in [1.165, 1.54) is 0 Å². The number of nitrogens with one attached hydrogen (secondary N) is 1. The average molecular weight is 339 g/mol. The lowest BCUT2D eigenvalue weighted by Crippen LogP contribution is -1.99. The molecule has 7 heteroatoms. The van der Waals surface area contributed by atoms with Gasteiger partial charge in [0.2, 0.25) is 0 Å². The van der Waals surface area contributed by atoms with Crippen LogP contribution in [0.4, 0.5) is 22.7 Å². The molecule has 0 aromatic heterocycles. The van der Waals surface area contributed by atoms with Gasteiger partial charge in [-0.05, 0) is 36.8 Å². The van der Waals surface area contributed by atoms with Gasteiger partial charge >= 0.3 is 0 Å². The van der Waals surface area contributed by atoms with Gasteiger partial charge < -0.3 is 21.9 Å². The zero-order valence-corrected chi connectivity index (χ0v) is 13.2. The van der Waals surface area contributed by atoms with Gasteiger partial charge in [-0.1, -0.05) is 6.07 Å². The van der Waals surface area contributed by atoms with Crippen LogP contribution in [-0.2, 0) is 0 Å². The molecule has 0 aliphatic carbocycles. The molecule has 0 aliphatic rings. The Balaban J connectivity index is 0. The van der Waals surface area contributed by atoms with Crippen molar-refractivity contribution in [2.45, 2.75) is 6.92 Å². The van der Waals surface area contributed by atoms with Crippen LogP contribution >= 0.6 is 37.2 Å². The first-order chi connectivity index (χ1) is 8.06. The van der Waals surface area contributed by atoms with Crippen LogP contribution in [0.2, 0.25) is 0 Å². The van der Waals surface area contributed by atoms with Crippen molar-refractivity contribution in [2.24, 2.45) is 0 Å². The van der Waals surface area contributed by atoms with Crippen molar-refractivity contribution < 1.29 is 5.11 Å². The molecule has 0 saturated heterocycles. The summed E-state index contributed by atoms with van der Waals surface area (Å²) in [6.07, 6.45) is 0. The predicted octanol–water partition coefficient (Wildman–Crippen LogP) is 3.87. The number of hydrogen-bond donors (Lipinski definition) is 4. The lowest BCUT2D eigenvalue weighted by atomic mass is 10.1. The van der Waals surface area contributed by atoms with Gasteiger partial charge in [0.1, 0.15) is 5.75 Å². The van der Waals surface area contributed by atoms with E-state index in [-0.39, 0.29) is 43.0 Å². The fourth-order valence-corrected chi connectivity index (χ4v) is 1.59. The highest BCUT2D eigenvalue weighted by atomic mass is 35.5. The minimum absolute atomic E-state index is 0. The number of rotatable bonds is 2. The quantitative estimate of drug-likeness (QED) is 0.626. The highest BCUT2D eigenvalue weighted by Crippen LogP contribution is 2.28. The van der Waals surface area contributed by atoms with Gasteiger partial charge in [0.05, 0.1) is 11.4 Å². The van der Waals surface area contributed by atoms with Crippen molar-refractivity contribution >= 4 is 60.0 Å². The second-order valence-electron chi connectivity index (χ2n) is 3.97. The fourth-order valence-electron chi connectivity index (χ4n) is 1.59. The molecule has 0 amide bonds. The molecule has 0 bridgehead atoms. The second kappa shape index (κ2) is 8.64. The zero-order chi connectivity index (χ0) is 12.4. The normalized spacial score (nSPS) is 8.65. The molecule has 0 radical (unpaired) electrons. The summed E-state index contributed by atoms with van der Waals surface area (Å²) in [5.74, 6) is 0.202. The van der Waals surface area contributed by atoms with E-state index in [2.05, 4.69) is 5.32 Å². The van der Waals surface area contributed by atoms with E-state index in [0.29, 0.717) is 11.4 Å². The van der Waals surface area contributed by atoms with Gasteiger partial charge in [-0.2, -0.15) is 0 Å². The molecule has 0 saturated carbocycles. The average Bonchev–Trinajstić information content (AvgIpc) is 2.26. The zero-order valence-electron chi connectivity index (χ0n) is 10.8. The third-order valence-corrected chi connectivity index (χ3v) is 2.56. The molecule has 0 heterocycles. The van der Waals surface area contributed by atoms with Gasteiger partial charge in [-0.3, -0.25) is 0 Å². The van der Waals surface area contributed by atoms with Crippen LogP contribution in [0.25, 0.3) is 0 Å². The monoisotopic (exact) mass is 337 g/mol. The van der Waals surface area contributed by atoms with Crippen LogP contribution in [0.15, 0.2) is 36.4 Å². The Kier molecular flexibility index (Phi) is 8.99. The number of nitrogens with two attached hydrogens (primary N) is 2. The summed E-state index contributed by atoms with van der Waals surface area (Å²) in [6, 6.07) is 10.4. The number of hydrogen-bond acceptors (Lipinski definition) is 4. The van der Waals surface area contributed by atoms with Crippen molar-refractivity contribution in [1.29, 1.82) is 0 Å². The van der Waals surface area contributed by atoms with Crippen LogP contribution in [0.1, 0.15) is 5.56 Å². The van der Waals surface area contributed by atoms with Crippen molar-refractivity contribution in [3.8, 4) is 5.75 Å². The van der Waals surface area contributed by atoms with Gasteiger partial charge in [0.15, 0.2) is 0 Å². The van der Waals surface area contributed by atoms with Crippen LogP contribution in [0.3, 0.4) is 0 Å². The predicted molar refractivity (Wildman–Crippen MR) is 93.1 cm³/mol. The van der Waals surface area contributed by atoms with Crippen molar-refractivity contribution in [2.75, 3.05) is 16.8 Å². The van der Waals surface area contributed by atoms with Gasteiger partial charge in [-0.15, -0.1) is 37.2 Å². The standard InChI is InChI=1S/C13H15N3O.3ClH/c1-8-5-12(15)13(7-11(8)14)16-9-3-2-4-10(17)6-9;;;/h2-7,16-17H,14-15H2,1H3;3*1H. The first-order valence-electron chi connectivity index (χ1n) is 5.28. The molecule has 2 rings (SSSR count). The number of phenols is 1. The summed E-state index contributed by atoms with van der Waals surface area (Å²) < 4.78 is 0. The number of nitrogen functional groups attached to an aromatic ring is 2.